The number of allylic oxidation sites excluding steroid dienone is 1. The molecule has 2 saturated heterocycles. The van der Waals surface area contributed by atoms with Crippen molar-refractivity contribution in [3.8, 4) is 0 Å². The van der Waals surface area contributed by atoms with Crippen LogP contribution in [0.5, 0.6) is 0 Å². The highest BCUT2D eigenvalue weighted by Crippen LogP contribution is 2.30. The predicted molar refractivity (Wildman–Crippen MR) is 332 cm³/mol. The van der Waals surface area contributed by atoms with E-state index in [0.29, 0.717) is 6.42 Å². The second kappa shape index (κ2) is 53.9. The molecule has 14 heteroatoms. The first-order chi connectivity index (χ1) is 40.1. The number of aliphatic hydroxyl groups is 8. The van der Waals surface area contributed by atoms with E-state index in [1.165, 1.54) is 257 Å². The fourth-order valence-corrected chi connectivity index (χ4v) is 11.9. The summed E-state index contributed by atoms with van der Waals surface area (Å²) in [5.74, 6) is -0.233. The predicted octanol–water partition coefficient (Wildman–Crippen LogP) is 13.8. The summed E-state index contributed by atoms with van der Waals surface area (Å²) in [5.41, 5.74) is 0. The lowest BCUT2D eigenvalue weighted by atomic mass is 9.97. The summed E-state index contributed by atoms with van der Waals surface area (Å²) in [6.45, 7) is 2.85. The lowest BCUT2D eigenvalue weighted by molar-refractivity contribution is -0.359. The van der Waals surface area contributed by atoms with Crippen molar-refractivity contribution in [1.82, 2.24) is 5.32 Å². The maximum absolute atomic E-state index is 13.3. The number of nitrogens with one attached hydrogen (secondary N) is 1. The first kappa shape index (κ1) is 76.8. The van der Waals surface area contributed by atoms with Crippen molar-refractivity contribution in [3.05, 3.63) is 12.2 Å². The first-order valence-corrected chi connectivity index (χ1v) is 34.9. The molecular formula is C68H131NO13. The van der Waals surface area contributed by atoms with E-state index in [2.05, 4.69) is 19.2 Å². The Morgan fingerprint density at radius 3 is 1.12 bits per heavy atom. The molecule has 2 aliphatic heterocycles. The van der Waals surface area contributed by atoms with Crippen molar-refractivity contribution in [2.75, 3.05) is 19.8 Å². The molecule has 486 valence electrons. The van der Waals surface area contributed by atoms with Crippen LogP contribution in [0.25, 0.3) is 0 Å². The van der Waals surface area contributed by atoms with Crippen LogP contribution in [0.1, 0.15) is 322 Å². The monoisotopic (exact) mass is 1170 g/mol. The van der Waals surface area contributed by atoms with Gasteiger partial charge in [-0.2, -0.15) is 0 Å². The Balaban J connectivity index is 1.63. The van der Waals surface area contributed by atoms with E-state index in [-0.39, 0.29) is 18.9 Å². The summed E-state index contributed by atoms with van der Waals surface area (Å²) >= 11 is 0. The normalized spacial score (nSPS) is 23.9. The van der Waals surface area contributed by atoms with Gasteiger partial charge >= 0.3 is 0 Å². The van der Waals surface area contributed by atoms with Gasteiger partial charge in [0.2, 0.25) is 5.91 Å². The zero-order valence-corrected chi connectivity index (χ0v) is 52.8. The largest absolute Gasteiger partial charge is 0.394 e. The van der Waals surface area contributed by atoms with Crippen LogP contribution in [0.2, 0.25) is 0 Å². The summed E-state index contributed by atoms with van der Waals surface area (Å²) < 4.78 is 22.8. The average molecular weight is 1170 g/mol. The maximum atomic E-state index is 13.3. The molecule has 0 saturated carbocycles. The van der Waals surface area contributed by atoms with Gasteiger partial charge in [-0.3, -0.25) is 4.79 Å². The Morgan fingerprint density at radius 2 is 0.756 bits per heavy atom. The number of hydrogen-bond acceptors (Lipinski definition) is 13. The van der Waals surface area contributed by atoms with Crippen LogP contribution in [0.3, 0.4) is 0 Å². The van der Waals surface area contributed by atoms with E-state index in [1.54, 1.807) is 6.08 Å². The summed E-state index contributed by atoms with van der Waals surface area (Å²) in [5, 5.41) is 87.3. The topological polar surface area (TPSA) is 228 Å². The molecule has 2 fully saturated rings. The van der Waals surface area contributed by atoms with Gasteiger partial charge in [-0.1, -0.05) is 309 Å². The molecule has 2 rings (SSSR count). The van der Waals surface area contributed by atoms with Crippen LogP contribution < -0.4 is 5.32 Å². The number of carbonyl (C=O) groups excluding carboxylic acids is 1. The maximum Gasteiger partial charge on any atom is 0.220 e. The van der Waals surface area contributed by atoms with Crippen molar-refractivity contribution >= 4 is 5.91 Å². The molecule has 0 aromatic heterocycles. The van der Waals surface area contributed by atoms with Crippen LogP contribution in [-0.2, 0) is 23.7 Å². The molecule has 0 aromatic carbocycles. The van der Waals surface area contributed by atoms with Gasteiger partial charge in [0, 0.05) is 6.42 Å². The second-order valence-electron chi connectivity index (χ2n) is 25.0. The quantitative estimate of drug-likeness (QED) is 0.0204. The number of aliphatic hydroxyl groups excluding tert-OH is 8. The minimum absolute atomic E-state index is 0.233. The van der Waals surface area contributed by atoms with Crippen LogP contribution in [0.15, 0.2) is 12.2 Å². The first-order valence-electron chi connectivity index (χ1n) is 34.9. The Hall–Kier alpha value is -1.27. The molecule has 9 N–H and O–H groups in total. The van der Waals surface area contributed by atoms with Crippen LogP contribution in [0.4, 0.5) is 0 Å². The number of carbonyl (C=O) groups is 1. The standard InChI is InChI=1S/C68H131NO13/c1-3-5-7-9-11-13-15-17-19-20-21-22-23-24-25-26-27-28-29-30-31-32-33-34-35-36-38-39-41-43-45-47-49-51-57(72)56(69-60(73)52-50-48-46-44-42-40-37-18-16-14-12-10-8-6-4-2)55-79-67-65(78)63(76)66(59(54-71)81-67)82-68-64(77)62(75)61(74)58(53-70)80-68/h49,51,56-59,61-68,70-72,74-78H,3-48,50,52-55H2,1-2H3,(H,69,73)/b51-49+. The highest BCUT2D eigenvalue weighted by molar-refractivity contribution is 5.76. The van der Waals surface area contributed by atoms with E-state index in [9.17, 15) is 45.6 Å². The van der Waals surface area contributed by atoms with Gasteiger partial charge in [0.15, 0.2) is 12.6 Å². The van der Waals surface area contributed by atoms with Gasteiger partial charge < -0.3 is 65.1 Å². The molecule has 0 aliphatic carbocycles. The Kier molecular flexibility index (Phi) is 50.5. The number of ether oxygens (including phenoxy) is 4. The molecule has 82 heavy (non-hydrogen) atoms. The van der Waals surface area contributed by atoms with E-state index in [0.717, 1.165) is 38.5 Å². The van der Waals surface area contributed by atoms with Gasteiger partial charge in [0.1, 0.15) is 48.8 Å². The minimum Gasteiger partial charge on any atom is -0.394 e. The van der Waals surface area contributed by atoms with Gasteiger partial charge in [-0.05, 0) is 19.3 Å². The summed E-state index contributed by atoms with van der Waals surface area (Å²) in [6, 6.07) is -0.910. The zero-order chi connectivity index (χ0) is 59.5. The van der Waals surface area contributed by atoms with Gasteiger partial charge in [-0.15, -0.1) is 0 Å². The molecule has 0 radical (unpaired) electrons. The lowest BCUT2D eigenvalue weighted by Crippen LogP contribution is -2.65. The van der Waals surface area contributed by atoms with Crippen molar-refractivity contribution < 1.29 is 64.6 Å². The third-order valence-electron chi connectivity index (χ3n) is 17.5. The summed E-state index contributed by atoms with van der Waals surface area (Å²) in [4.78, 5) is 13.3. The molecule has 0 aromatic rings. The van der Waals surface area contributed by atoms with Crippen LogP contribution in [-0.4, -0.2) is 140 Å². The van der Waals surface area contributed by atoms with Gasteiger partial charge in [-0.25, -0.2) is 0 Å². The van der Waals surface area contributed by atoms with E-state index in [1.807, 2.05) is 6.08 Å². The highest BCUT2D eigenvalue weighted by Gasteiger charge is 2.51. The van der Waals surface area contributed by atoms with Gasteiger partial charge in [0.05, 0.1) is 32.0 Å². The molecule has 2 aliphatic rings. The van der Waals surface area contributed by atoms with Crippen LogP contribution in [0, 0.1) is 0 Å². The number of amides is 1. The average Bonchev–Trinajstić information content (AvgIpc) is 3.58. The molecule has 12 unspecified atom stereocenters. The number of unbranched alkanes of at least 4 members (excludes halogenated alkanes) is 45. The van der Waals surface area contributed by atoms with Crippen molar-refractivity contribution in [1.29, 1.82) is 0 Å². The Labute approximate surface area is 501 Å². The Morgan fingerprint density at radius 1 is 0.427 bits per heavy atom. The number of hydrogen-bond donors (Lipinski definition) is 9. The molecule has 0 spiro atoms. The van der Waals surface area contributed by atoms with E-state index in [4.69, 9.17) is 18.9 Å². The molecule has 1 amide bonds. The minimum atomic E-state index is -1.79. The molecule has 12 atom stereocenters. The summed E-state index contributed by atoms with van der Waals surface area (Å²) in [6.07, 6.45) is 48.6. The molecule has 2 heterocycles. The fourth-order valence-electron chi connectivity index (χ4n) is 11.9. The molecular weight excluding hydrogens is 1040 g/mol. The Bertz CT molecular complexity index is 1420. The zero-order valence-electron chi connectivity index (χ0n) is 52.8. The summed E-state index contributed by atoms with van der Waals surface area (Å²) in [7, 11) is 0. The third kappa shape index (κ3) is 38.1. The number of rotatable bonds is 58. The molecule has 14 nitrogen and oxygen atoms in total. The van der Waals surface area contributed by atoms with Gasteiger partial charge in [0.25, 0.3) is 0 Å². The van der Waals surface area contributed by atoms with E-state index < -0.39 is 86.8 Å². The smallest absolute Gasteiger partial charge is 0.220 e. The van der Waals surface area contributed by atoms with Crippen molar-refractivity contribution in [3.63, 3.8) is 0 Å². The van der Waals surface area contributed by atoms with Crippen LogP contribution >= 0.6 is 0 Å². The highest BCUT2D eigenvalue weighted by atomic mass is 16.7. The second-order valence-corrected chi connectivity index (χ2v) is 25.0. The van der Waals surface area contributed by atoms with E-state index >= 15 is 0 Å². The molecule has 0 bridgehead atoms. The fraction of sp³-hybridized carbons (Fsp3) is 0.956. The SMILES string of the molecule is CCCCCCCCCCCCCCCCCCCCCCCCCCCCCCCCC/C=C/C(O)C(COC1OC(CO)C(OC2OC(CO)C(O)C(O)C2O)C(O)C1O)NC(=O)CCCCCCCCCCCCCCCCC. The lowest BCUT2D eigenvalue weighted by Gasteiger charge is -2.46. The third-order valence-corrected chi connectivity index (χ3v) is 17.5. The van der Waals surface area contributed by atoms with Crippen molar-refractivity contribution in [2.45, 2.75) is 396 Å². The van der Waals surface area contributed by atoms with Crippen molar-refractivity contribution in [2.24, 2.45) is 0 Å².